The SMILES string of the molecule is c1cc2cc(c1)N(c1ccc3sc4ccccc4c3c1)c1cccc3c1Sc1c(cccc1N2c1ccc(-c2cccc4ccccc24)cc1)S3. The lowest BCUT2D eigenvalue weighted by Crippen LogP contribution is -2.16. The fourth-order valence-electron chi connectivity index (χ4n) is 7.69. The molecule has 0 N–H and O–H groups in total. The largest absolute Gasteiger partial charge is 0.309 e. The first-order chi connectivity index (χ1) is 25.3. The summed E-state index contributed by atoms with van der Waals surface area (Å²) in [5, 5.41) is 5.14. The van der Waals surface area contributed by atoms with Crippen LogP contribution in [0.1, 0.15) is 0 Å². The highest BCUT2D eigenvalue weighted by atomic mass is 32.2. The van der Waals surface area contributed by atoms with E-state index in [4.69, 9.17) is 0 Å². The second-order valence-electron chi connectivity index (χ2n) is 13.0. The maximum atomic E-state index is 2.46. The molecule has 0 saturated carbocycles. The van der Waals surface area contributed by atoms with Gasteiger partial charge in [-0.05, 0) is 101 Å². The molecule has 2 aliphatic rings. The van der Waals surface area contributed by atoms with Crippen molar-refractivity contribution in [2.45, 2.75) is 19.6 Å². The summed E-state index contributed by atoms with van der Waals surface area (Å²) in [5.74, 6) is 0. The van der Waals surface area contributed by atoms with Gasteiger partial charge >= 0.3 is 0 Å². The Balaban J connectivity index is 1.12. The highest BCUT2D eigenvalue weighted by Gasteiger charge is 2.30. The standard InChI is InChI=1S/C46H28N2S3/c1-2-13-35-29(9-1)10-5-15-36(35)30-21-23-31(24-22-30)47-32-11-6-12-33(27-32)48(34-25-26-42-38(28-34)37-14-3-4-18-41(37)49-42)40-17-8-20-44-46(40)51-45-39(47)16-7-19-43(45)50-44/h1-28H. The minimum atomic E-state index is 1.13. The van der Waals surface area contributed by atoms with E-state index in [9.17, 15) is 0 Å². The Bertz CT molecular complexity index is 2830. The molecule has 8 aromatic carbocycles. The Morgan fingerprint density at radius 3 is 1.75 bits per heavy atom. The summed E-state index contributed by atoms with van der Waals surface area (Å²) < 4.78 is 2.63. The monoisotopic (exact) mass is 704 g/mol. The lowest BCUT2D eigenvalue weighted by molar-refractivity contribution is 1.09. The Morgan fingerprint density at radius 1 is 0.373 bits per heavy atom. The van der Waals surface area contributed by atoms with E-state index in [2.05, 4.69) is 180 Å². The molecule has 2 nitrogen and oxygen atoms in total. The van der Waals surface area contributed by atoms with Crippen LogP contribution < -0.4 is 9.80 Å². The first-order valence-corrected chi connectivity index (χ1v) is 19.5. The van der Waals surface area contributed by atoms with Gasteiger partial charge in [0.05, 0.1) is 21.2 Å². The fourth-order valence-corrected chi connectivity index (χ4v) is 11.3. The summed E-state index contributed by atoms with van der Waals surface area (Å²) >= 11 is 5.64. The quantitative estimate of drug-likeness (QED) is 0.181. The number of hydrogen-bond acceptors (Lipinski definition) is 5. The lowest BCUT2D eigenvalue weighted by Gasteiger charge is -2.35. The first kappa shape index (κ1) is 29.3. The van der Waals surface area contributed by atoms with Crippen molar-refractivity contribution in [3.63, 3.8) is 0 Å². The summed E-state index contributed by atoms with van der Waals surface area (Å²) in [4.78, 5) is 10.0. The third-order valence-corrected chi connectivity index (χ3v) is 13.8. The van der Waals surface area contributed by atoms with Gasteiger partial charge in [0.25, 0.3) is 0 Å². The molecule has 0 aliphatic carbocycles. The Hall–Kier alpha value is -5.46. The highest BCUT2D eigenvalue weighted by Crippen LogP contribution is 2.58. The van der Waals surface area contributed by atoms with Crippen LogP contribution in [-0.2, 0) is 0 Å². The molecular weight excluding hydrogens is 677 g/mol. The minimum Gasteiger partial charge on any atom is -0.309 e. The van der Waals surface area contributed by atoms with Crippen molar-refractivity contribution in [2.75, 3.05) is 9.80 Å². The van der Waals surface area contributed by atoms with Crippen LogP contribution in [0.4, 0.5) is 34.1 Å². The van der Waals surface area contributed by atoms with Crippen LogP contribution in [0.25, 0.3) is 42.1 Å². The molecule has 0 unspecified atom stereocenters. The molecule has 0 atom stereocenters. The Labute approximate surface area is 308 Å². The molecule has 51 heavy (non-hydrogen) atoms. The number of thiophene rings is 1. The van der Waals surface area contributed by atoms with Crippen LogP contribution >= 0.6 is 34.9 Å². The van der Waals surface area contributed by atoms with Crippen molar-refractivity contribution in [3.05, 3.63) is 170 Å². The number of benzene rings is 8. The minimum absolute atomic E-state index is 1.13. The van der Waals surface area contributed by atoms with E-state index in [1.165, 1.54) is 73.0 Å². The zero-order valence-electron chi connectivity index (χ0n) is 27.3. The topological polar surface area (TPSA) is 6.48 Å². The van der Waals surface area contributed by atoms with Crippen molar-refractivity contribution >= 4 is 99.9 Å². The smallest absolute Gasteiger partial charge is 0.0612 e. The van der Waals surface area contributed by atoms with E-state index >= 15 is 0 Å². The molecule has 4 bridgehead atoms. The van der Waals surface area contributed by atoms with Gasteiger partial charge in [0.1, 0.15) is 0 Å². The second-order valence-corrected chi connectivity index (χ2v) is 16.1. The van der Waals surface area contributed by atoms with Gasteiger partial charge in [-0.3, -0.25) is 0 Å². The number of fused-ring (bicyclic) bond motifs is 6. The number of rotatable bonds is 3. The predicted molar refractivity (Wildman–Crippen MR) is 220 cm³/mol. The summed E-state index contributed by atoms with van der Waals surface area (Å²) in [6.07, 6.45) is 0. The van der Waals surface area contributed by atoms with E-state index in [-0.39, 0.29) is 0 Å². The summed E-state index contributed by atoms with van der Waals surface area (Å²) in [6, 6.07) is 62.6. The molecule has 2 aliphatic heterocycles. The van der Waals surface area contributed by atoms with E-state index in [1.807, 2.05) is 34.9 Å². The van der Waals surface area contributed by atoms with E-state index in [0.29, 0.717) is 0 Å². The van der Waals surface area contributed by atoms with Crippen molar-refractivity contribution in [3.8, 4) is 11.1 Å². The van der Waals surface area contributed by atoms with Gasteiger partial charge < -0.3 is 9.80 Å². The molecule has 11 rings (SSSR count). The molecule has 0 saturated heterocycles. The van der Waals surface area contributed by atoms with E-state index in [1.54, 1.807) is 0 Å². The third kappa shape index (κ3) is 4.66. The molecule has 5 heteroatoms. The Morgan fingerprint density at radius 2 is 0.961 bits per heavy atom. The average molecular weight is 705 g/mol. The molecule has 0 amide bonds. The molecular formula is C46H28N2S3. The maximum Gasteiger partial charge on any atom is 0.0612 e. The Kier molecular flexibility index (Phi) is 6.63. The van der Waals surface area contributed by atoms with Crippen LogP contribution in [0, 0.1) is 0 Å². The summed E-state index contributed by atoms with van der Waals surface area (Å²) in [5.41, 5.74) is 9.41. The van der Waals surface area contributed by atoms with Crippen molar-refractivity contribution in [1.82, 2.24) is 0 Å². The number of anilines is 6. The normalized spacial score (nSPS) is 13.3. The van der Waals surface area contributed by atoms with Crippen molar-refractivity contribution < 1.29 is 0 Å². The fraction of sp³-hybridized carbons (Fsp3) is 0. The van der Waals surface area contributed by atoms with E-state index < -0.39 is 0 Å². The number of hydrogen-bond donors (Lipinski definition) is 0. The van der Waals surface area contributed by atoms with Gasteiger partial charge in [0.2, 0.25) is 0 Å². The van der Waals surface area contributed by atoms with Crippen molar-refractivity contribution in [1.29, 1.82) is 0 Å². The second kappa shape index (κ2) is 11.5. The zero-order chi connectivity index (χ0) is 33.5. The molecule has 0 radical (unpaired) electrons. The zero-order valence-corrected chi connectivity index (χ0v) is 29.7. The molecule has 9 aromatic rings. The highest BCUT2D eigenvalue weighted by molar-refractivity contribution is 8.05. The van der Waals surface area contributed by atoms with Gasteiger partial charge in [-0.15, -0.1) is 11.3 Å². The van der Waals surface area contributed by atoms with Crippen LogP contribution in [0.15, 0.2) is 189 Å². The van der Waals surface area contributed by atoms with Crippen LogP contribution in [0.2, 0.25) is 0 Å². The van der Waals surface area contributed by atoms with Crippen LogP contribution in [0.3, 0.4) is 0 Å². The molecule has 1 aromatic heterocycles. The van der Waals surface area contributed by atoms with Gasteiger partial charge in [0, 0.05) is 52.7 Å². The van der Waals surface area contributed by atoms with Crippen molar-refractivity contribution in [2.24, 2.45) is 0 Å². The van der Waals surface area contributed by atoms with Gasteiger partial charge in [-0.2, -0.15) is 0 Å². The van der Waals surface area contributed by atoms with Gasteiger partial charge in [-0.1, -0.05) is 115 Å². The van der Waals surface area contributed by atoms with Gasteiger partial charge in [0.15, 0.2) is 0 Å². The summed E-state index contributed by atoms with van der Waals surface area (Å²) in [7, 11) is 0. The van der Waals surface area contributed by atoms with E-state index in [0.717, 1.165) is 22.7 Å². The van der Waals surface area contributed by atoms with Gasteiger partial charge in [-0.25, -0.2) is 0 Å². The lowest BCUT2D eigenvalue weighted by atomic mass is 9.98. The molecule has 240 valence electrons. The third-order valence-electron chi connectivity index (χ3n) is 10.0. The first-order valence-electron chi connectivity index (χ1n) is 17.1. The van der Waals surface area contributed by atoms with Crippen LogP contribution in [0.5, 0.6) is 0 Å². The average Bonchev–Trinajstić information content (AvgIpc) is 3.56. The molecule has 0 fully saturated rings. The summed E-state index contributed by atoms with van der Waals surface area (Å²) in [6.45, 7) is 0. The predicted octanol–water partition coefficient (Wildman–Crippen LogP) is 14.7. The molecule has 0 spiro atoms. The number of nitrogens with zero attached hydrogens (tertiary/aromatic N) is 2. The maximum absolute atomic E-state index is 2.46. The van der Waals surface area contributed by atoms with Crippen LogP contribution in [-0.4, -0.2) is 0 Å². The molecule has 3 heterocycles.